The second kappa shape index (κ2) is 5.00. The van der Waals surface area contributed by atoms with Gasteiger partial charge >= 0.3 is 0 Å². The second-order valence-electron chi connectivity index (χ2n) is 4.99. The van der Waals surface area contributed by atoms with Gasteiger partial charge in [-0.2, -0.15) is 0 Å². The van der Waals surface area contributed by atoms with Gasteiger partial charge in [-0.3, -0.25) is 9.69 Å². The van der Waals surface area contributed by atoms with Gasteiger partial charge < -0.3 is 4.74 Å². The molecule has 2 heterocycles. The number of carbonyl (C=O) groups is 1. The van der Waals surface area contributed by atoms with Crippen molar-refractivity contribution < 1.29 is 9.53 Å². The van der Waals surface area contributed by atoms with Crippen LogP contribution in [0.4, 0.5) is 0 Å². The Kier molecular flexibility index (Phi) is 3.37. The van der Waals surface area contributed by atoms with E-state index in [0.29, 0.717) is 19.6 Å². The fourth-order valence-electron chi connectivity index (χ4n) is 2.82. The lowest BCUT2D eigenvalue weighted by molar-refractivity contribution is -0.135. The maximum Gasteiger partial charge on any atom is 0.154 e. The predicted octanol–water partition coefficient (Wildman–Crippen LogP) is 1.84. The molecule has 18 heavy (non-hydrogen) atoms. The lowest BCUT2D eigenvalue weighted by atomic mass is 9.92. The highest BCUT2D eigenvalue weighted by Gasteiger charge is 2.44. The molecule has 0 amide bonds. The molecule has 4 heteroatoms. The Morgan fingerprint density at radius 1 is 1.28 bits per heavy atom. The Bertz CT molecular complexity index is 437. The molecule has 1 aromatic carbocycles. The Hall–Kier alpha value is -0.900. The van der Waals surface area contributed by atoms with Crippen LogP contribution in [0.15, 0.2) is 30.3 Å². The molecule has 3 rings (SSSR count). The number of morpholine rings is 1. The first-order valence-corrected chi connectivity index (χ1v) is 6.73. The van der Waals surface area contributed by atoms with Crippen LogP contribution in [0.3, 0.4) is 0 Å². The number of alkyl halides is 1. The summed E-state index contributed by atoms with van der Waals surface area (Å²) in [6, 6.07) is 10.5. The highest BCUT2D eigenvalue weighted by molar-refractivity contribution is 6.32. The summed E-state index contributed by atoms with van der Waals surface area (Å²) in [5.74, 6) is 0.166. The van der Waals surface area contributed by atoms with Crippen molar-refractivity contribution in [2.75, 3.05) is 13.2 Å². The number of ether oxygens (including phenoxy) is 1. The van der Waals surface area contributed by atoms with Gasteiger partial charge in [0, 0.05) is 19.0 Å². The molecule has 2 aliphatic rings. The number of fused-ring (bicyclic) bond motifs is 2. The third-order valence-electron chi connectivity index (χ3n) is 3.78. The van der Waals surface area contributed by atoms with E-state index in [1.165, 1.54) is 5.56 Å². The van der Waals surface area contributed by atoms with Crippen molar-refractivity contribution in [2.45, 2.75) is 30.4 Å². The van der Waals surface area contributed by atoms with Crippen LogP contribution in [-0.2, 0) is 16.1 Å². The van der Waals surface area contributed by atoms with Crippen molar-refractivity contribution in [1.82, 2.24) is 4.90 Å². The minimum Gasteiger partial charge on any atom is -0.378 e. The van der Waals surface area contributed by atoms with E-state index >= 15 is 0 Å². The van der Waals surface area contributed by atoms with Crippen LogP contribution >= 0.6 is 11.6 Å². The Labute approximate surface area is 112 Å². The number of halogens is 1. The third kappa shape index (κ3) is 2.18. The van der Waals surface area contributed by atoms with Crippen LogP contribution in [0.1, 0.15) is 12.0 Å². The van der Waals surface area contributed by atoms with E-state index in [0.717, 1.165) is 6.54 Å². The largest absolute Gasteiger partial charge is 0.378 e. The summed E-state index contributed by atoms with van der Waals surface area (Å²) in [4.78, 5) is 14.1. The van der Waals surface area contributed by atoms with Crippen molar-refractivity contribution in [2.24, 2.45) is 0 Å². The number of carbonyl (C=O) groups excluding carboxylic acids is 1. The summed E-state index contributed by atoms with van der Waals surface area (Å²) in [6.07, 6.45) is 0.511. The number of Topliss-reactive ketones (excluding diaryl/α,β-unsaturated/α-hetero) is 1. The number of piperidine rings is 1. The monoisotopic (exact) mass is 265 g/mol. The van der Waals surface area contributed by atoms with Crippen molar-refractivity contribution in [1.29, 1.82) is 0 Å². The van der Waals surface area contributed by atoms with Gasteiger partial charge in [0.05, 0.1) is 19.3 Å². The zero-order valence-electron chi connectivity index (χ0n) is 10.1. The fraction of sp³-hybridized carbons (Fsp3) is 0.500. The van der Waals surface area contributed by atoms with Crippen molar-refractivity contribution in [3.63, 3.8) is 0 Å². The zero-order chi connectivity index (χ0) is 12.5. The molecule has 0 aromatic heterocycles. The van der Waals surface area contributed by atoms with Crippen LogP contribution in [0.25, 0.3) is 0 Å². The molecular formula is C14H16ClNO2. The molecule has 0 N–H and O–H groups in total. The van der Waals surface area contributed by atoms with E-state index < -0.39 is 5.38 Å². The lowest BCUT2D eigenvalue weighted by Gasteiger charge is -2.47. The average Bonchev–Trinajstić information content (AvgIpc) is 2.39. The predicted molar refractivity (Wildman–Crippen MR) is 69.6 cm³/mol. The fourth-order valence-corrected chi connectivity index (χ4v) is 3.12. The smallest absolute Gasteiger partial charge is 0.154 e. The Morgan fingerprint density at radius 2 is 2.06 bits per heavy atom. The topological polar surface area (TPSA) is 29.5 Å². The molecule has 3 atom stereocenters. The van der Waals surface area contributed by atoms with Crippen LogP contribution in [0, 0.1) is 0 Å². The van der Waals surface area contributed by atoms with E-state index in [4.69, 9.17) is 16.3 Å². The normalized spacial score (nSPS) is 32.5. The van der Waals surface area contributed by atoms with Crippen molar-refractivity contribution in [3.8, 4) is 0 Å². The molecular weight excluding hydrogens is 250 g/mol. The molecule has 0 radical (unpaired) electrons. The summed E-state index contributed by atoms with van der Waals surface area (Å²) in [5.41, 5.74) is 1.26. The van der Waals surface area contributed by atoms with E-state index in [1.54, 1.807) is 0 Å². The first-order chi connectivity index (χ1) is 8.75. The zero-order valence-corrected chi connectivity index (χ0v) is 10.8. The summed E-state index contributed by atoms with van der Waals surface area (Å²) in [7, 11) is 0. The molecule has 0 aliphatic carbocycles. The summed E-state index contributed by atoms with van der Waals surface area (Å²) in [5, 5.41) is -0.426. The maximum atomic E-state index is 11.8. The number of benzene rings is 1. The molecule has 3 unspecified atom stereocenters. The lowest BCUT2D eigenvalue weighted by Crippen LogP contribution is -2.61. The number of nitrogens with zero attached hydrogens (tertiary/aromatic N) is 1. The van der Waals surface area contributed by atoms with E-state index in [-0.39, 0.29) is 17.9 Å². The van der Waals surface area contributed by atoms with Crippen LogP contribution in [0.2, 0.25) is 0 Å². The highest BCUT2D eigenvalue weighted by atomic mass is 35.5. The molecule has 1 aromatic rings. The Balaban J connectivity index is 1.81. The van der Waals surface area contributed by atoms with E-state index in [1.807, 2.05) is 18.2 Å². The van der Waals surface area contributed by atoms with Gasteiger partial charge in [0.1, 0.15) is 5.38 Å². The standard InChI is InChI=1S/C14H16ClNO2/c15-14-12-9-18-8-11(6-13(14)17)16(12)7-10-4-2-1-3-5-10/h1-5,11-12,14H,6-9H2. The van der Waals surface area contributed by atoms with E-state index in [2.05, 4.69) is 17.0 Å². The molecule has 2 saturated heterocycles. The summed E-state index contributed by atoms with van der Waals surface area (Å²) in [6.45, 7) is 2.04. The molecule has 0 saturated carbocycles. The number of ketones is 1. The van der Waals surface area contributed by atoms with Gasteiger partial charge in [-0.25, -0.2) is 0 Å². The quantitative estimate of drug-likeness (QED) is 0.764. The first-order valence-electron chi connectivity index (χ1n) is 6.30. The number of hydrogen-bond acceptors (Lipinski definition) is 3. The van der Waals surface area contributed by atoms with Gasteiger partial charge in [0.15, 0.2) is 5.78 Å². The molecule has 0 spiro atoms. The minimum atomic E-state index is -0.426. The van der Waals surface area contributed by atoms with E-state index in [9.17, 15) is 4.79 Å². The summed E-state index contributed by atoms with van der Waals surface area (Å²) < 4.78 is 5.54. The maximum absolute atomic E-state index is 11.8. The average molecular weight is 266 g/mol. The number of hydrogen-bond donors (Lipinski definition) is 0. The van der Waals surface area contributed by atoms with Crippen molar-refractivity contribution >= 4 is 17.4 Å². The highest BCUT2D eigenvalue weighted by Crippen LogP contribution is 2.30. The molecule has 2 aliphatic heterocycles. The molecule has 2 bridgehead atoms. The van der Waals surface area contributed by atoms with Gasteiger partial charge in [-0.15, -0.1) is 11.6 Å². The van der Waals surface area contributed by atoms with Crippen LogP contribution in [0.5, 0.6) is 0 Å². The molecule has 3 nitrogen and oxygen atoms in total. The molecule has 96 valence electrons. The summed E-state index contributed by atoms with van der Waals surface area (Å²) >= 11 is 6.22. The SMILES string of the molecule is O=C1CC2COCC(C1Cl)N2Cc1ccccc1. The van der Waals surface area contributed by atoms with Gasteiger partial charge in [0.2, 0.25) is 0 Å². The molecule has 2 fully saturated rings. The van der Waals surface area contributed by atoms with Gasteiger partial charge in [-0.1, -0.05) is 30.3 Å². The first kappa shape index (κ1) is 12.2. The minimum absolute atomic E-state index is 0.0203. The van der Waals surface area contributed by atoms with Crippen molar-refractivity contribution in [3.05, 3.63) is 35.9 Å². The van der Waals surface area contributed by atoms with Crippen LogP contribution < -0.4 is 0 Å². The third-order valence-corrected chi connectivity index (χ3v) is 4.32. The number of rotatable bonds is 2. The second-order valence-corrected chi connectivity index (χ2v) is 5.46. The van der Waals surface area contributed by atoms with Gasteiger partial charge in [-0.05, 0) is 5.56 Å². The Morgan fingerprint density at radius 3 is 2.83 bits per heavy atom. The van der Waals surface area contributed by atoms with Gasteiger partial charge in [0.25, 0.3) is 0 Å². The van der Waals surface area contributed by atoms with Crippen LogP contribution in [-0.4, -0.2) is 41.4 Å².